The Hall–Kier alpha value is -1.31. The highest BCUT2D eigenvalue weighted by molar-refractivity contribution is 5.81. The lowest BCUT2D eigenvalue weighted by Crippen LogP contribution is -2.27. The molecule has 2 aliphatic carbocycles. The molecule has 78 valence electrons. The van der Waals surface area contributed by atoms with Crippen molar-refractivity contribution in [3.63, 3.8) is 0 Å². The van der Waals surface area contributed by atoms with Gasteiger partial charge in [0.05, 0.1) is 0 Å². The van der Waals surface area contributed by atoms with Gasteiger partial charge in [-0.15, -0.1) is 0 Å². The summed E-state index contributed by atoms with van der Waals surface area (Å²) in [5.74, 6) is 1.18. The van der Waals surface area contributed by atoms with E-state index in [1.165, 1.54) is 5.56 Å². The number of nitrogens with one attached hydrogen (secondary N) is 1. The van der Waals surface area contributed by atoms with Crippen molar-refractivity contribution in [2.45, 2.75) is 31.2 Å². The molecule has 0 spiro atoms. The second kappa shape index (κ2) is 3.37. The molecule has 1 amide bonds. The molecular weight excluding hydrogens is 186 g/mol. The molecule has 2 heteroatoms. The van der Waals surface area contributed by atoms with Gasteiger partial charge in [0, 0.05) is 17.9 Å². The van der Waals surface area contributed by atoms with Gasteiger partial charge in [-0.05, 0) is 24.8 Å². The van der Waals surface area contributed by atoms with E-state index in [-0.39, 0.29) is 5.91 Å². The van der Waals surface area contributed by atoms with Crippen molar-refractivity contribution in [3.8, 4) is 0 Å². The van der Waals surface area contributed by atoms with Gasteiger partial charge >= 0.3 is 0 Å². The number of carbonyl (C=O) groups is 1. The van der Waals surface area contributed by atoms with Crippen LogP contribution in [0, 0.1) is 5.92 Å². The summed E-state index contributed by atoms with van der Waals surface area (Å²) in [7, 11) is 0. The van der Waals surface area contributed by atoms with Gasteiger partial charge in [-0.2, -0.15) is 0 Å². The fraction of sp³-hybridized carbons (Fsp3) is 0.462. The minimum atomic E-state index is 0.276. The van der Waals surface area contributed by atoms with Gasteiger partial charge < -0.3 is 5.32 Å². The highest BCUT2D eigenvalue weighted by atomic mass is 16.2. The molecule has 1 aromatic rings. The molecule has 0 saturated heterocycles. The molecule has 3 rings (SSSR count). The topological polar surface area (TPSA) is 29.1 Å². The van der Waals surface area contributed by atoms with Crippen LogP contribution in [0.25, 0.3) is 0 Å². The minimum absolute atomic E-state index is 0.276. The lowest BCUT2D eigenvalue weighted by Gasteiger charge is -2.03. The SMILES string of the molecule is O=C(N[C@H]1C[C@@H]1c1ccccc1)C1CC1. The summed E-state index contributed by atoms with van der Waals surface area (Å²) in [4.78, 5) is 11.5. The predicted octanol–water partition coefficient (Wildman–Crippen LogP) is 2.07. The summed E-state index contributed by atoms with van der Waals surface area (Å²) in [5.41, 5.74) is 1.36. The van der Waals surface area contributed by atoms with Crippen LogP contribution >= 0.6 is 0 Å². The van der Waals surface area contributed by atoms with Crippen molar-refractivity contribution in [1.29, 1.82) is 0 Å². The van der Waals surface area contributed by atoms with Gasteiger partial charge in [0.25, 0.3) is 0 Å². The second-order valence-corrected chi connectivity index (χ2v) is 4.64. The molecule has 1 aromatic carbocycles. The monoisotopic (exact) mass is 201 g/mol. The lowest BCUT2D eigenvalue weighted by molar-refractivity contribution is -0.122. The highest BCUT2D eigenvalue weighted by Gasteiger charge is 2.41. The van der Waals surface area contributed by atoms with Crippen LogP contribution in [-0.2, 0) is 4.79 Å². The Balaban J connectivity index is 1.57. The molecule has 15 heavy (non-hydrogen) atoms. The van der Waals surface area contributed by atoms with E-state index in [0.717, 1.165) is 19.3 Å². The molecule has 0 unspecified atom stereocenters. The molecule has 0 heterocycles. The van der Waals surface area contributed by atoms with Gasteiger partial charge in [-0.25, -0.2) is 0 Å². The number of carbonyl (C=O) groups excluding carboxylic acids is 1. The first-order chi connectivity index (χ1) is 7.34. The van der Waals surface area contributed by atoms with Gasteiger partial charge in [-0.1, -0.05) is 30.3 Å². The predicted molar refractivity (Wildman–Crippen MR) is 58.5 cm³/mol. The first-order valence-electron chi connectivity index (χ1n) is 5.70. The van der Waals surface area contributed by atoms with E-state index >= 15 is 0 Å². The van der Waals surface area contributed by atoms with Gasteiger partial charge in [0.1, 0.15) is 0 Å². The van der Waals surface area contributed by atoms with Gasteiger partial charge in [0.15, 0.2) is 0 Å². The van der Waals surface area contributed by atoms with E-state index in [4.69, 9.17) is 0 Å². The summed E-state index contributed by atoms with van der Waals surface area (Å²) < 4.78 is 0. The Bertz CT molecular complexity index is 369. The average molecular weight is 201 g/mol. The maximum Gasteiger partial charge on any atom is 0.223 e. The van der Waals surface area contributed by atoms with Crippen LogP contribution in [0.3, 0.4) is 0 Å². The number of rotatable bonds is 3. The molecule has 2 atom stereocenters. The van der Waals surface area contributed by atoms with Crippen LogP contribution in [-0.4, -0.2) is 11.9 Å². The van der Waals surface area contributed by atoms with E-state index in [2.05, 4.69) is 29.6 Å². The molecule has 2 aliphatic rings. The van der Waals surface area contributed by atoms with E-state index in [0.29, 0.717) is 17.9 Å². The summed E-state index contributed by atoms with van der Waals surface area (Å²) in [6.07, 6.45) is 3.30. The van der Waals surface area contributed by atoms with Crippen LogP contribution in [0.1, 0.15) is 30.7 Å². The van der Waals surface area contributed by atoms with Gasteiger partial charge in [-0.3, -0.25) is 4.79 Å². The van der Waals surface area contributed by atoms with Crippen molar-refractivity contribution in [1.82, 2.24) is 5.32 Å². The zero-order valence-electron chi connectivity index (χ0n) is 8.65. The van der Waals surface area contributed by atoms with E-state index in [1.807, 2.05) is 6.07 Å². The molecule has 0 bridgehead atoms. The zero-order chi connectivity index (χ0) is 10.3. The second-order valence-electron chi connectivity index (χ2n) is 4.64. The van der Waals surface area contributed by atoms with Crippen molar-refractivity contribution < 1.29 is 4.79 Å². The Morgan fingerprint density at radius 1 is 1.20 bits per heavy atom. The van der Waals surface area contributed by atoms with E-state index in [1.54, 1.807) is 0 Å². The van der Waals surface area contributed by atoms with Crippen molar-refractivity contribution in [2.24, 2.45) is 5.92 Å². The zero-order valence-corrected chi connectivity index (χ0v) is 8.65. The Kier molecular flexibility index (Phi) is 2.01. The summed E-state index contributed by atoms with van der Waals surface area (Å²) in [6, 6.07) is 10.9. The number of amides is 1. The van der Waals surface area contributed by atoms with Crippen molar-refractivity contribution >= 4 is 5.91 Å². The standard InChI is InChI=1S/C13H15NO/c15-13(10-6-7-10)14-12-8-11(12)9-4-2-1-3-5-9/h1-5,10-12H,6-8H2,(H,14,15)/t11-,12+/m1/s1. The third kappa shape index (κ3) is 1.89. The largest absolute Gasteiger partial charge is 0.352 e. The van der Waals surface area contributed by atoms with Crippen molar-refractivity contribution in [2.75, 3.05) is 0 Å². The average Bonchev–Trinajstić information content (AvgIpc) is 3.14. The summed E-state index contributed by atoms with van der Waals surface area (Å²) >= 11 is 0. The lowest BCUT2D eigenvalue weighted by atomic mass is 10.1. The molecule has 2 nitrogen and oxygen atoms in total. The third-order valence-corrected chi connectivity index (χ3v) is 3.29. The highest BCUT2D eigenvalue weighted by Crippen LogP contribution is 2.41. The summed E-state index contributed by atoms with van der Waals surface area (Å²) in [5, 5.41) is 3.13. The fourth-order valence-corrected chi connectivity index (χ4v) is 2.07. The molecule has 1 N–H and O–H groups in total. The molecule has 0 aliphatic heterocycles. The van der Waals surface area contributed by atoms with Crippen LogP contribution in [0.4, 0.5) is 0 Å². The Labute approximate surface area is 89.7 Å². The molecule has 2 saturated carbocycles. The number of hydrogen-bond donors (Lipinski definition) is 1. The molecular formula is C13H15NO. The minimum Gasteiger partial charge on any atom is -0.352 e. The molecule has 0 aromatic heterocycles. The van der Waals surface area contributed by atoms with Crippen LogP contribution in [0.5, 0.6) is 0 Å². The maximum atomic E-state index is 11.5. The summed E-state index contributed by atoms with van der Waals surface area (Å²) in [6.45, 7) is 0. The van der Waals surface area contributed by atoms with Crippen LogP contribution in [0.15, 0.2) is 30.3 Å². The van der Waals surface area contributed by atoms with Crippen LogP contribution < -0.4 is 5.32 Å². The van der Waals surface area contributed by atoms with Crippen LogP contribution in [0.2, 0.25) is 0 Å². The third-order valence-electron chi connectivity index (χ3n) is 3.29. The normalized spacial score (nSPS) is 28.5. The Morgan fingerprint density at radius 2 is 1.93 bits per heavy atom. The first-order valence-corrected chi connectivity index (χ1v) is 5.70. The Morgan fingerprint density at radius 3 is 2.60 bits per heavy atom. The van der Waals surface area contributed by atoms with Gasteiger partial charge in [0.2, 0.25) is 5.91 Å². The fourth-order valence-electron chi connectivity index (χ4n) is 2.07. The number of benzene rings is 1. The van der Waals surface area contributed by atoms with E-state index < -0.39 is 0 Å². The molecule has 0 radical (unpaired) electrons. The first kappa shape index (κ1) is 8.96. The van der Waals surface area contributed by atoms with Crippen molar-refractivity contribution in [3.05, 3.63) is 35.9 Å². The smallest absolute Gasteiger partial charge is 0.223 e. The quantitative estimate of drug-likeness (QED) is 0.797. The molecule has 2 fully saturated rings. The van der Waals surface area contributed by atoms with E-state index in [9.17, 15) is 4.79 Å². The maximum absolute atomic E-state index is 11.5. The number of hydrogen-bond acceptors (Lipinski definition) is 1.